The number of ether oxygens (including phenoxy) is 1. The molecule has 26 heavy (non-hydrogen) atoms. The summed E-state index contributed by atoms with van der Waals surface area (Å²) in [7, 11) is 0. The maximum atomic E-state index is 11.4. The number of aromatic amines is 2. The second-order valence-corrected chi connectivity index (χ2v) is 7.29. The SMILES string of the molecule is O=c1[nH]c2ccc(C3=NNC(=NCCCC4CNCCO4)SC3)cc2[nH]1. The van der Waals surface area contributed by atoms with Crippen molar-refractivity contribution in [3.63, 3.8) is 0 Å². The van der Waals surface area contributed by atoms with Gasteiger partial charge in [0.2, 0.25) is 0 Å². The fourth-order valence-corrected chi connectivity index (χ4v) is 3.86. The molecule has 1 aromatic heterocycles. The molecule has 0 radical (unpaired) electrons. The zero-order chi connectivity index (χ0) is 17.8. The smallest absolute Gasteiger partial charge is 0.323 e. The molecule has 2 aliphatic rings. The molecule has 138 valence electrons. The molecule has 1 atom stereocenters. The van der Waals surface area contributed by atoms with Crippen molar-refractivity contribution in [1.82, 2.24) is 20.7 Å². The first kappa shape index (κ1) is 17.3. The number of thioether (sulfide) groups is 1. The highest BCUT2D eigenvalue weighted by molar-refractivity contribution is 8.14. The standard InChI is InChI=1S/C17H22N6O2S/c24-16-20-13-4-3-11(8-14(13)21-16)15-10-26-17(23-22-15)19-5-1-2-12-9-18-6-7-25-12/h3-4,8,12,18H,1-2,5-7,9-10H2,(H,19,23)(H2,20,21,24). The van der Waals surface area contributed by atoms with E-state index in [1.165, 1.54) is 0 Å². The van der Waals surface area contributed by atoms with E-state index in [4.69, 9.17) is 4.74 Å². The summed E-state index contributed by atoms with van der Waals surface area (Å²) in [5.74, 6) is 0.752. The predicted octanol–water partition coefficient (Wildman–Crippen LogP) is 1.02. The molecule has 4 rings (SSSR count). The summed E-state index contributed by atoms with van der Waals surface area (Å²) in [6.07, 6.45) is 2.35. The summed E-state index contributed by atoms with van der Waals surface area (Å²) in [6.45, 7) is 3.47. The van der Waals surface area contributed by atoms with E-state index < -0.39 is 0 Å². The lowest BCUT2D eigenvalue weighted by molar-refractivity contribution is 0.0228. The molecule has 0 spiro atoms. The first-order chi connectivity index (χ1) is 12.8. The van der Waals surface area contributed by atoms with Crippen LogP contribution in [0.2, 0.25) is 0 Å². The highest BCUT2D eigenvalue weighted by atomic mass is 32.2. The third kappa shape index (κ3) is 4.17. The van der Waals surface area contributed by atoms with Crippen molar-refractivity contribution in [3.8, 4) is 0 Å². The number of rotatable bonds is 5. The van der Waals surface area contributed by atoms with Crippen LogP contribution in [0.4, 0.5) is 0 Å². The molecule has 0 bridgehead atoms. The molecule has 9 heteroatoms. The largest absolute Gasteiger partial charge is 0.376 e. The van der Waals surface area contributed by atoms with Crippen molar-refractivity contribution >= 4 is 33.7 Å². The molecule has 1 aromatic carbocycles. The van der Waals surface area contributed by atoms with Gasteiger partial charge in [0, 0.05) is 31.0 Å². The Morgan fingerprint density at radius 3 is 3.04 bits per heavy atom. The van der Waals surface area contributed by atoms with E-state index >= 15 is 0 Å². The number of H-pyrrole nitrogens is 2. The average molecular weight is 374 g/mol. The Morgan fingerprint density at radius 1 is 1.31 bits per heavy atom. The van der Waals surface area contributed by atoms with E-state index in [9.17, 15) is 4.79 Å². The van der Waals surface area contributed by atoms with E-state index in [2.05, 4.69) is 30.8 Å². The van der Waals surface area contributed by atoms with Crippen LogP contribution in [-0.2, 0) is 4.74 Å². The number of aliphatic imine (C=N–C) groups is 1. The minimum atomic E-state index is -0.195. The predicted molar refractivity (Wildman–Crippen MR) is 105 cm³/mol. The van der Waals surface area contributed by atoms with Gasteiger partial charge >= 0.3 is 5.69 Å². The van der Waals surface area contributed by atoms with Crippen LogP contribution >= 0.6 is 11.8 Å². The van der Waals surface area contributed by atoms with E-state index in [1.807, 2.05) is 18.2 Å². The van der Waals surface area contributed by atoms with Crippen LogP contribution in [0, 0.1) is 0 Å². The quantitative estimate of drug-likeness (QED) is 0.585. The maximum absolute atomic E-state index is 11.4. The van der Waals surface area contributed by atoms with Crippen LogP contribution in [0.15, 0.2) is 33.1 Å². The van der Waals surface area contributed by atoms with Crippen molar-refractivity contribution in [1.29, 1.82) is 0 Å². The van der Waals surface area contributed by atoms with Gasteiger partial charge in [0.1, 0.15) is 0 Å². The molecule has 1 saturated heterocycles. The molecule has 1 unspecified atom stereocenters. The van der Waals surface area contributed by atoms with E-state index in [1.54, 1.807) is 11.8 Å². The fourth-order valence-electron chi connectivity index (χ4n) is 3.06. The van der Waals surface area contributed by atoms with Crippen LogP contribution in [0.5, 0.6) is 0 Å². The topological polar surface area (TPSA) is 107 Å². The molecule has 1 fully saturated rings. The summed E-state index contributed by atoms with van der Waals surface area (Å²) in [5.41, 5.74) is 6.37. The molecule has 2 aromatic rings. The number of hydrogen-bond donors (Lipinski definition) is 4. The molecular formula is C17H22N6O2S. The second kappa shape index (κ2) is 8.07. The molecular weight excluding hydrogens is 352 g/mol. The van der Waals surface area contributed by atoms with Crippen LogP contribution < -0.4 is 16.4 Å². The Hall–Kier alpha value is -2.10. The summed E-state index contributed by atoms with van der Waals surface area (Å²) < 4.78 is 5.69. The molecule has 0 saturated carbocycles. The van der Waals surface area contributed by atoms with E-state index in [0.29, 0.717) is 6.10 Å². The zero-order valence-corrected chi connectivity index (χ0v) is 15.2. The highest BCUT2D eigenvalue weighted by Gasteiger charge is 2.15. The monoisotopic (exact) mass is 374 g/mol. The summed E-state index contributed by atoms with van der Waals surface area (Å²) in [4.78, 5) is 21.5. The van der Waals surface area contributed by atoms with Crippen molar-refractivity contribution in [2.45, 2.75) is 18.9 Å². The van der Waals surface area contributed by atoms with Crippen molar-refractivity contribution in [2.24, 2.45) is 10.1 Å². The highest BCUT2D eigenvalue weighted by Crippen LogP contribution is 2.17. The van der Waals surface area contributed by atoms with Crippen LogP contribution in [0.3, 0.4) is 0 Å². The maximum Gasteiger partial charge on any atom is 0.323 e. The second-order valence-electron chi connectivity index (χ2n) is 6.32. The fraction of sp³-hybridized carbons (Fsp3) is 0.471. The number of nitrogens with one attached hydrogen (secondary N) is 4. The molecule has 8 nitrogen and oxygen atoms in total. The lowest BCUT2D eigenvalue weighted by Crippen LogP contribution is -2.38. The minimum absolute atomic E-state index is 0.195. The molecule has 4 N–H and O–H groups in total. The van der Waals surface area contributed by atoms with Crippen molar-refractivity contribution in [2.75, 3.05) is 32.0 Å². The number of benzene rings is 1. The Morgan fingerprint density at radius 2 is 2.23 bits per heavy atom. The Balaban J connectivity index is 1.31. The molecule has 0 amide bonds. The van der Waals surface area contributed by atoms with Gasteiger partial charge in [-0.3, -0.25) is 10.4 Å². The summed E-state index contributed by atoms with van der Waals surface area (Å²) in [5, 5.41) is 8.64. The Bertz CT molecular complexity index is 881. The van der Waals surface area contributed by atoms with Gasteiger partial charge in [-0.25, -0.2) is 4.79 Å². The van der Waals surface area contributed by atoms with Crippen LogP contribution in [0.1, 0.15) is 18.4 Å². The van der Waals surface area contributed by atoms with Gasteiger partial charge in [-0.05, 0) is 25.0 Å². The molecule has 2 aliphatic heterocycles. The van der Waals surface area contributed by atoms with Gasteiger partial charge in [-0.1, -0.05) is 17.8 Å². The normalized spacial score (nSPS) is 22.4. The number of morpholine rings is 1. The van der Waals surface area contributed by atoms with Crippen molar-refractivity contribution in [3.05, 3.63) is 34.2 Å². The van der Waals surface area contributed by atoms with Gasteiger partial charge in [0.15, 0.2) is 5.17 Å². The molecule has 0 aliphatic carbocycles. The Labute approximate surface area is 154 Å². The van der Waals surface area contributed by atoms with Gasteiger partial charge in [-0.15, -0.1) is 0 Å². The van der Waals surface area contributed by atoms with Crippen molar-refractivity contribution < 1.29 is 4.74 Å². The minimum Gasteiger partial charge on any atom is -0.376 e. The number of aromatic nitrogens is 2. The summed E-state index contributed by atoms with van der Waals surface area (Å²) >= 11 is 1.65. The van der Waals surface area contributed by atoms with Crippen LogP contribution in [-0.4, -0.2) is 58.9 Å². The van der Waals surface area contributed by atoms with E-state index in [0.717, 1.165) is 72.3 Å². The third-order valence-electron chi connectivity index (χ3n) is 4.43. The first-order valence-corrected chi connectivity index (χ1v) is 9.81. The average Bonchev–Trinajstić information content (AvgIpc) is 3.06. The van der Waals surface area contributed by atoms with Gasteiger partial charge in [-0.2, -0.15) is 5.10 Å². The number of nitrogens with zero attached hydrogens (tertiary/aromatic N) is 2. The lowest BCUT2D eigenvalue weighted by Gasteiger charge is -2.23. The number of imidazole rings is 1. The summed E-state index contributed by atoms with van der Waals surface area (Å²) in [6, 6.07) is 5.80. The number of fused-ring (bicyclic) bond motifs is 1. The number of hydrogen-bond acceptors (Lipinski definition) is 6. The van der Waals surface area contributed by atoms with Gasteiger partial charge < -0.3 is 20.0 Å². The van der Waals surface area contributed by atoms with Gasteiger partial charge in [0.05, 0.1) is 29.5 Å². The van der Waals surface area contributed by atoms with E-state index in [-0.39, 0.29) is 5.69 Å². The Kier molecular flexibility index (Phi) is 5.37. The number of hydrazone groups is 1. The third-order valence-corrected chi connectivity index (χ3v) is 5.34. The number of amidine groups is 1. The zero-order valence-electron chi connectivity index (χ0n) is 14.4. The van der Waals surface area contributed by atoms with Crippen LogP contribution in [0.25, 0.3) is 11.0 Å². The molecule has 3 heterocycles. The first-order valence-electron chi connectivity index (χ1n) is 8.82. The van der Waals surface area contributed by atoms with Gasteiger partial charge in [0.25, 0.3) is 0 Å². The lowest BCUT2D eigenvalue weighted by atomic mass is 10.1.